The van der Waals surface area contributed by atoms with Crippen LogP contribution < -0.4 is 0 Å². The monoisotopic (exact) mass is 232 g/mol. The van der Waals surface area contributed by atoms with E-state index in [1.54, 1.807) is 12.1 Å². The maximum absolute atomic E-state index is 8.90. The van der Waals surface area contributed by atoms with Crippen molar-refractivity contribution in [3.05, 3.63) is 45.8 Å². The minimum absolute atomic E-state index is 0.0483. The largest absolute Gasteiger partial charge is 0.390 e. The van der Waals surface area contributed by atoms with E-state index in [-0.39, 0.29) is 6.61 Å². The van der Waals surface area contributed by atoms with Crippen molar-refractivity contribution in [2.75, 3.05) is 0 Å². The van der Waals surface area contributed by atoms with Crippen molar-refractivity contribution in [1.82, 2.24) is 4.98 Å². The SMILES string of the molecule is [N-]=[N+]=Nc1ccc(-c2nc(CO)cs2)cc1. The molecule has 1 N–H and O–H groups in total. The average molecular weight is 232 g/mol. The molecule has 6 heteroatoms. The molecule has 0 aliphatic rings. The lowest BCUT2D eigenvalue weighted by molar-refractivity contribution is 0.278. The van der Waals surface area contributed by atoms with Crippen LogP contribution in [-0.2, 0) is 6.61 Å². The lowest BCUT2D eigenvalue weighted by Gasteiger charge is -1.96. The van der Waals surface area contributed by atoms with E-state index >= 15 is 0 Å². The van der Waals surface area contributed by atoms with E-state index < -0.39 is 0 Å². The molecule has 0 saturated heterocycles. The third-order valence-electron chi connectivity index (χ3n) is 1.99. The molecule has 1 heterocycles. The van der Waals surface area contributed by atoms with Gasteiger partial charge in [-0.15, -0.1) is 11.3 Å². The zero-order valence-corrected chi connectivity index (χ0v) is 9.05. The first kappa shape index (κ1) is 10.6. The molecule has 0 aliphatic carbocycles. The Hall–Kier alpha value is -1.88. The Labute approximate surface area is 95.6 Å². The Bertz CT molecular complexity index is 528. The zero-order chi connectivity index (χ0) is 11.4. The van der Waals surface area contributed by atoms with Gasteiger partial charge < -0.3 is 5.11 Å². The molecule has 0 amide bonds. The zero-order valence-electron chi connectivity index (χ0n) is 8.24. The lowest BCUT2D eigenvalue weighted by Crippen LogP contribution is -1.82. The quantitative estimate of drug-likeness (QED) is 0.500. The number of aliphatic hydroxyl groups excluding tert-OH is 1. The van der Waals surface area contributed by atoms with Crippen LogP contribution in [0.3, 0.4) is 0 Å². The van der Waals surface area contributed by atoms with E-state index in [4.69, 9.17) is 10.6 Å². The van der Waals surface area contributed by atoms with E-state index in [0.717, 1.165) is 10.6 Å². The predicted octanol–water partition coefficient (Wildman–Crippen LogP) is 3.24. The number of nitrogens with zero attached hydrogens (tertiary/aromatic N) is 4. The second-order valence-corrected chi connectivity index (χ2v) is 3.90. The summed E-state index contributed by atoms with van der Waals surface area (Å²) in [6.45, 7) is -0.0483. The molecular formula is C10H8N4OS. The van der Waals surface area contributed by atoms with Crippen LogP contribution in [0.5, 0.6) is 0 Å². The van der Waals surface area contributed by atoms with Crippen LogP contribution in [0.15, 0.2) is 34.8 Å². The molecule has 2 aromatic rings. The standard InChI is InChI=1S/C10H8N4OS/c11-14-13-8-3-1-7(2-4-8)10-12-9(5-15)6-16-10/h1-4,6,15H,5H2. The number of hydrogen-bond donors (Lipinski definition) is 1. The second-order valence-electron chi connectivity index (χ2n) is 3.04. The van der Waals surface area contributed by atoms with Gasteiger partial charge in [0.05, 0.1) is 12.3 Å². The molecule has 5 nitrogen and oxygen atoms in total. The van der Waals surface area contributed by atoms with Crippen molar-refractivity contribution in [3.8, 4) is 10.6 Å². The van der Waals surface area contributed by atoms with Gasteiger partial charge in [-0.2, -0.15) is 0 Å². The van der Waals surface area contributed by atoms with Gasteiger partial charge in [0, 0.05) is 21.5 Å². The fourth-order valence-corrected chi connectivity index (χ4v) is 2.05. The van der Waals surface area contributed by atoms with E-state index in [2.05, 4.69) is 15.0 Å². The van der Waals surface area contributed by atoms with Crippen LogP contribution in [0.2, 0.25) is 0 Å². The molecule has 1 aromatic carbocycles. The van der Waals surface area contributed by atoms with Gasteiger partial charge in [-0.05, 0) is 5.53 Å². The molecule has 0 fully saturated rings. The minimum Gasteiger partial charge on any atom is -0.390 e. The van der Waals surface area contributed by atoms with Gasteiger partial charge >= 0.3 is 0 Å². The Morgan fingerprint density at radius 2 is 2.12 bits per heavy atom. The second kappa shape index (κ2) is 4.76. The first-order valence-electron chi connectivity index (χ1n) is 4.54. The number of aromatic nitrogens is 1. The maximum atomic E-state index is 8.90. The van der Waals surface area contributed by atoms with Crippen molar-refractivity contribution in [1.29, 1.82) is 0 Å². The molecule has 0 bridgehead atoms. The summed E-state index contributed by atoms with van der Waals surface area (Å²) in [4.78, 5) is 6.94. The summed E-state index contributed by atoms with van der Waals surface area (Å²) in [5.74, 6) is 0. The molecule has 0 unspecified atom stereocenters. The average Bonchev–Trinajstić information content (AvgIpc) is 2.79. The highest BCUT2D eigenvalue weighted by molar-refractivity contribution is 7.13. The smallest absolute Gasteiger partial charge is 0.123 e. The maximum Gasteiger partial charge on any atom is 0.123 e. The molecule has 2 rings (SSSR count). The topological polar surface area (TPSA) is 81.9 Å². The molecule has 0 saturated carbocycles. The summed E-state index contributed by atoms with van der Waals surface area (Å²) in [5, 5.41) is 15.0. The van der Waals surface area contributed by atoms with Gasteiger partial charge in [-0.25, -0.2) is 4.98 Å². The summed E-state index contributed by atoms with van der Waals surface area (Å²) in [5.41, 5.74) is 10.4. The molecular weight excluding hydrogens is 224 g/mol. The fourth-order valence-electron chi connectivity index (χ4n) is 1.23. The number of aliphatic hydroxyl groups is 1. The number of rotatable bonds is 3. The molecule has 1 aromatic heterocycles. The number of thiazole rings is 1. The number of azide groups is 1. The van der Waals surface area contributed by atoms with Crippen LogP contribution in [0, 0.1) is 0 Å². The summed E-state index contributed by atoms with van der Waals surface area (Å²) in [6, 6.07) is 7.14. The van der Waals surface area contributed by atoms with E-state index in [1.807, 2.05) is 17.5 Å². The molecule has 80 valence electrons. The van der Waals surface area contributed by atoms with Crippen LogP contribution in [0.4, 0.5) is 5.69 Å². The van der Waals surface area contributed by atoms with Crippen molar-refractivity contribution in [2.24, 2.45) is 5.11 Å². The van der Waals surface area contributed by atoms with E-state index in [0.29, 0.717) is 11.4 Å². The van der Waals surface area contributed by atoms with Crippen molar-refractivity contribution in [2.45, 2.75) is 6.61 Å². The Morgan fingerprint density at radius 3 is 2.69 bits per heavy atom. The minimum atomic E-state index is -0.0483. The lowest BCUT2D eigenvalue weighted by atomic mass is 10.2. The molecule has 16 heavy (non-hydrogen) atoms. The first-order valence-corrected chi connectivity index (χ1v) is 5.42. The normalized spacial score (nSPS) is 9.81. The van der Waals surface area contributed by atoms with E-state index in [1.165, 1.54) is 11.3 Å². The van der Waals surface area contributed by atoms with Gasteiger partial charge in [0.1, 0.15) is 5.01 Å². The van der Waals surface area contributed by atoms with E-state index in [9.17, 15) is 0 Å². The van der Waals surface area contributed by atoms with Crippen LogP contribution in [-0.4, -0.2) is 10.1 Å². The highest BCUT2D eigenvalue weighted by Gasteiger charge is 2.03. The first-order chi connectivity index (χ1) is 7.83. The molecule has 0 spiro atoms. The van der Waals surface area contributed by atoms with Crippen LogP contribution >= 0.6 is 11.3 Å². The van der Waals surface area contributed by atoms with Gasteiger partial charge in [-0.3, -0.25) is 0 Å². The summed E-state index contributed by atoms with van der Waals surface area (Å²) >= 11 is 1.47. The third kappa shape index (κ3) is 2.20. The Balaban J connectivity index is 2.30. The van der Waals surface area contributed by atoms with Gasteiger partial charge in [0.2, 0.25) is 0 Å². The fraction of sp³-hybridized carbons (Fsp3) is 0.100. The summed E-state index contributed by atoms with van der Waals surface area (Å²) in [7, 11) is 0. The van der Waals surface area contributed by atoms with Gasteiger partial charge in [0.15, 0.2) is 0 Å². The highest BCUT2D eigenvalue weighted by atomic mass is 32.1. The number of hydrogen-bond acceptors (Lipinski definition) is 4. The van der Waals surface area contributed by atoms with Crippen molar-refractivity contribution >= 4 is 17.0 Å². The molecule has 0 atom stereocenters. The Kier molecular flexibility index (Phi) is 3.16. The summed E-state index contributed by atoms with van der Waals surface area (Å²) in [6.07, 6.45) is 0. The van der Waals surface area contributed by atoms with Crippen LogP contribution in [0.1, 0.15) is 5.69 Å². The van der Waals surface area contributed by atoms with Crippen molar-refractivity contribution in [3.63, 3.8) is 0 Å². The summed E-state index contributed by atoms with van der Waals surface area (Å²) < 4.78 is 0. The van der Waals surface area contributed by atoms with Crippen LogP contribution in [0.25, 0.3) is 21.0 Å². The number of benzene rings is 1. The highest BCUT2D eigenvalue weighted by Crippen LogP contribution is 2.25. The van der Waals surface area contributed by atoms with Gasteiger partial charge in [0.25, 0.3) is 0 Å². The predicted molar refractivity (Wildman–Crippen MR) is 62.3 cm³/mol. The van der Waals surface area contributed by atoms with Gasteiger partial charge in [-0.1, -0.05) is 29.4 Å². The van der Waals surface area contributed by atoms with Crippen molar-refractivity contribution < 1.29 is 5.11 Å². The molecule has 0 aliphatic heterocycles. The molecule has 0 radical (unpaired) electrons. The Morgan fingerprint density at radius 1 is 1.38 bits per heavy atom. The third-order valence-corrected chi connectivity index (χ3v) is 2.93.